The van der Waals surface area contributed by atoms with Crippen LogP contribution in [-0.2, 0) is 5.54 Å². The van der Waals surface area contributed by atoms with Crippen LogP contribution in [0.25, 0.3) is 0 Å². The third kappa shape index (κ3) is 1.77. The number of aliphatic hydroxyl groups excluding tert-OH is 1. The van der Waals surface area contributed by atoms with E-state index in [0.717, 1.165) is 12.1 Å². The van der Waals surface area contributed by atoms with E-state index < -0.39 is 39.5 Å². The van der Waals surface area contributed by atoms with Gasteiger partial charge in [0.25, 0.3) is 0 Å². The van der Waals surface area contributed by atoms with E-state index in [1.165, 1.54) is 0 Å². The van der Waals surface area contributed by atoms with Crippen molar-refractivity contribution < 1.29 is 18.8 Å². The van der Waals surface area contributed by atoms with Gasteiger partial charge in [-0.1, -0.05) is 0 Å². The molecule has 17 heavy (non-hydrogen) atoms. The van der Waals surface area contributed by atoms with Gasteiger partial charge in [0.15, 0.2) is 0 Å². The van der Waals surface area contributed by atoms with E-state index in [1.807, 2.05) is 0 Å². The molecule has 0 saturated heterocycles. The molecule has 92 valence electrons. The van der Waals surface area contributed by atoms with Crippen LogP contribution in [0.2, 0.25) is 0 Å². The maximum Gasteiger partial charge on any atom is 0.305 e. The van der Waals surface area contributed by atoms with E-state index >= 15 is 0 Å². The van der Waals surface area contributed by atoms with Gasteiger partial charge in [0.2, 0.25) is 5.82 Å². The molecule has 1 aliphatic carbocycles. The number of nitrogens with zero attached hydrogens (tertiary/aromatic N) is 1. The van der Waals surface area contributed by atoms with E-state index in [4.69, 9.17) is 10.8 Å². The van der Waals surface area contributed by atoms with Crippen LogP contribution >= 0.6 is 0 Å². The number of rotatable bonds is 2. The number of halogens is 2. The van der Waals surface area contributed by atoms with Crippen molar-refractivity contribution in [1.29, 1.82) is 0 Å². The minimum atomic E-state index is -1.36. The van der Waals surface area contributed by atoms with E-state index in [2.05, 4.69) is 0 Å². The summed E-state index contributed by atoms with van der Waals surface area (Å²) < 4.78 is 27.3. The summed E-state index contributed by atoms with van der Waals surface area (Å²) in [4.78, 5) is 9.60. The van der Waals surface area contributed by atoms with Gasteiger partial charge in [-0.25, -0.2) is 4.39 Å². The smallest absolute Gasteiger partial charge is 0.305 e. The van der Waals surface area contributed by atoms with Crippen molar-refractivity contribution >= 4 is 5.69 Å². The monoisotopic (exact) mass is 244 g/mol. The highest BCUT2D eigenvalue weighted by Crippen LogP contribution is 2.42. The second-order valence-electron chi connectivity index (χ2n) is 4.23. The number of nitro groups is 1. The lowest BCUT2D eigenvalue weighted by Crippen LogP contribution is -2.52. The summed E-state index contributed by atoms with van der Waals surface area (Å²) in [7, 11) is 0. The minimum Gasteiger partial charge on any atom is -0.393 e. The lowest BCUT2D eigenvalue weighted by Gasteiger charge is -2.42. The summed E-state index contributed by atoms with van der Waals surface area (Å²) >= 11 is 0. The van der Waals surface area contributed by atoms with Crippen LogP contribution in [0.4, 0.5) is 14.5 Å². The zero-order valence-electron chi connectivity index (χ0n) is 8.69. The van der Waals surface area contributed by atoms with Crippen LogP contribution in [0.5, 0.6) is 0 Å². The lowest BCUT2D eigenvalue weighted by molar-refractivity contribution is -0.387. The molecule has 0 heterocycles. The molecule has 0 amide bonds. The second-order valence-corrected chi connectivity index (χ2v) is 4.23. The first-order chi connectivity index (χ1) is 7.85. The summed E-state index contributed by atoms with van der Waals surface area (Å²) in [5, 5.41) is 19.7. The van der Waals surface area contributed by atoms with E-state index in [1.54, 1.807) is 0 Å². The molecule has 1 saturated carbocycles. The first-order valence-electron chi connectivity index (χ1n) is 4.95. The molecular formula is C10H10F2N2O3. The molecule has 1 aromatic carbocycles. The highest BCUT2D eigenvalue weighted by molar-refractivity contribution is 5.42. The number of aliphatic hydroxyl groups is 1. The van der Waals surface area contributed by atoms with Gasteiger partial charge in [-0.05, 0) is 18.9 Å². The Hall–Kier alpha value is -1.60. The topological polar surface area (TPSA) is 89.4 Å². The van der Waals surface area contributed by atoms with Gasteiger partial charge in [0.1, 0.15) is 5.82 Å². The summed E-state index contributed by atoms with van der Waals surface area (Å²) in [5.74, 6) is -2.19. The normalized spacial score (nSPS) is 27.6. The van der Waals surface area contributed by atoms with Gasteiger partial charge in [-0.3, -0.25) is 10.1 Å². The van der Waals surface area contributed by atoms with Crippen molar-refractivity contribution in [2.75, 3.05) is 0 Å². The maximum absolute atomic E-state index is 13.8. The number of nitro benzene ring substituents is 1. The van der Waals surface area contributed by atoms with Gasteiger partial charge in [0, 0.05) is 6.07 Å². The highest BCUT2D eigenvalue weighted by Gasteiger charge is 2.46. The molecule has 0 aliphatic heterocycles. The Bertz CT molecular complexity index is 487. The van der Waals surface area contributed by atoms with Crippen LogP contribution < -0.4 is 5.73 Å². The molecule has 0 radical (unpaired) electrons. The fraction of sp³-hybridized carbons (Fsp3) is 0.400. The molecule has 2 rings (SSSR count). The lowest BCUT2D eigenvalue weighted by atomic mass is 9.70. The van der Waals surface area contributed by atoms with Crippen LogP contribution in [0.1, 0.15) is 18.4 Å². The minimum absolute atomic E-state index is 0.0119. The number of nitrogens with two attached hydrogens (primary N) is 1. The Balaban J connectivity index is 2.53. The first kappa shape index (κ1) is 11.9. The quantitative estimate of drug-likeness (QED) is 0.603. The Kier molecular flexibility index (Phi) is 2.59. The molecule has 0 atom stereocenters. The Labute approximate surface area is 95.0 Å². The van der Waals surface area contributed by atoms with Crippen LogP contribution in [0, 0.1) is 21.7 Å². The van der Waals surface area contributed by atoms with Crippen molar-refractivity contribution in [3.05, 3.63) is 39.4 Å². The first-order valence-corrected chi connectivity index (χ1v) is 4.95. The van der Waals surface area contributed by atoms with Crippen molar-refractivity contribution in [2.24, 2.45) is 5.73 Å². The fourth-order valence-electron chi connectivity index (χ4n) is 2.12. The summed E-state index contributed by atoms with van der Waals surface area (Å²) in [6, 6.07) is 1.57. The molecule has 1 aliphatic rings. The molecule has 3 N–H and O–H groups in total. The van der Waals surface area contributed by atoms with Crippen molar-refractivity contribution in [3.63, 3.8) is 0 Å². The Morgan fingerprint density at radius 3 is 2.53 bits per heavy atom. The standard InChI is InChI=1S/C10H10F2N2O3/c11-6-1-2-7(14(16)17)9(12)8(6)10(13)3-5(15)4-10/h1-2,5,15H,3-4,13H2. The largest absolute Gasteiger partial charge is 0.393 e. The van der Waals surface area contributed by atoms with Crippen LogP contribution in [0.15, 0.2) is 12.1 Å². The van der Waals surface area contributed by atoms with Gasteiger partial charge < -0.3 is 10.8 Å². The molecule has 0 unspecified atom stereocenters. The molecule has 0 bridgehead atoms. The average molecular weight is 244 g/mol. The van der Waals surface area contributed by atoms with E-state index in [9.17, 15) is 18.9 Å². The molecule has 1 fully saturated rings. The van der Waals surface area contributed by atoms with Crippen LogP contribution in [-0.4, -0.2) is 16.1 Å². The van der Waals surface area contributed by atoms with E-state index in [-0.39, 0.29) is 12.8 Å². The molecule has 5 nitrogen and oxygen atoms in total. The van der Waals surface area contributed by atoms with Crippen molar-refractivity contribution in [3.8, 4) is 0 Å². The van der Waals surface area contributed by atoms with Gasteiger partial charge in [-0.15, -0.1) is 0 Å². The molecule has 0 spiro atoms. The zero-order valence-corrected chi connectivity index (χ0v) is 8.69. The predicted molar refractivity (Wildman–Crippen MR) is 54.1 cm³/mol. The van der Waals surface area contributed by atoms with Crippen molar-refractivity contribution in [1.82, 2.24) is 0 Å². The number of hydrogen-bond donors (Lipinski definition) is 2. The zero-order chi connectivity index (χ0) is 12.8. The summed E-state index contributed by atoms with van der Waals surface area (Å²) in [6.45, 7) is 0. The maximum atomic E-state index is 13.8. The van der Waals surface area contributed by atoms with Gasteiger partial charge in [-0.2, -0.15) is 4.39 Å². The predicted octanol–water partition coefficient (Wildman–Crippen LogP) is 1.18. The van der Waals surface area contributed by atoms with E-state index in [0.29, 0.717) is 0 Å². The SMILES string of the molecule is NC1(c2c(F)ccc([N+](=O)[O-])c2F)CC(O)C1. The number of benzene rings is 1. The Morgan fingerprint density at radius 1 is 1.47 bits per heavy atom. The van der Waals surface area contributed by atoms with Gasteiger partial charge in [0.05, 0.1) is 22.1 Å². The average Bonchev–Trinajstić information content (AvgIpc) is 2.14. The Morgan fingerprint density at radius 2 is 2.06 bits per heavy atom. The summed E-state index contributed by atoms with van der Waals surface area (Å²) in [6.07, 6.45) is -0.748. The number of hydrogen-bond acceptors (Lipinski definition) is 4. The fourth-order valence-corrected chi connectivity index (χ4v) is 2.12. The highest BCUT2D eigenvalue weighted by atomic mass is 19.1. The molecule has 0 aromatic heterocycles. The second kappa shape index (κ2) is 3.71. The van der Waals surface area contributed by atoms with Gasteiger partial charge >= 0.3 is 5.69 Å². The third-order valence-electron chi connectivity index (χ3n) is 2.97. The third-order valence-corrected chi connectivity index (χ3v) is 2.97. The summed E-state index contributed by atoms with van der Waals surface area (Å²) in [5.41, 5.74) is 3.03. The molecule has 1 aromatic rings. The molecule has 7 heteroatoms. The van der Waals surface area contributed by atoms with Crippen LogP contribution in [0.3, 0.4) is 0 Å². The molecular weight excluding hydrogens is 234 g/mol. The van der Waals surface area contributed by atoms with Crippen molar-refractivity contribution in [2.45, 2.75) is 24.5 Å².